The molecule has 7 nitrogen and oxygen atoms in total. The third-order valence-corrected chi connectivity index (χ3v) is 5.46. The summed E-state index contributed by atoms with van der Waals surface area (Å²) in [7, 11) is 1.94. The zero-order valence-corrected chi connectivity index (χ0v) is 16.8. The molecule has 1 aromatic heterocycles. The first-order valence-electron chi connectivity index (χ1n) is 9.43. The molecule has 0 saturated carbocycles. The Labute approximate surface area is 171 Å². The highest BCUT2D eigenvalue weighted by Gasteiger charge is 2.40. The summed E-state index contributed by atoms with van der Waals surface area (Å²) in [4.78, 5) is 33.9. The van der Waals surface area contributed by atoms with Gasteiger partial charge in [-0.15, -0.1) is 12.4 Å². The molecule has 8 heteroatoms. The molecule has 0 aliphatic carbocycles. The number of aryl methyl sites for hydroxylation is 1. The molecule has 150 valence electrons. The van der Waals surface area contributed by atoms with E-state index in [1.54, 1.807) is 11.1 Å². The van der Waals surface area contributed by atoms with E-state index in [1.165, 1.54) is 0 Å². The van der Waals surface area contributed by atoms with Gasteiger partial charge in [0, 0.05) is 58.6 Å². The normalized spacial score (nSPS) is 22.2. The summed E-state index contributed by atoms with van der Waals surface area (Å²) < 4.78 is 1.96. The molecule has 2 aliphatic heterocycles. The highest BCUT2D eigenvalue weighted by atomic mass is 35.5. The summed E-state index contributed by atoms with van der Waals surface area (Å²) in [6, 6.07) is 9.83. The van der Waals surface area contributed by atoms with Crippen LogP contribution in [0.25, 0.3) is 0 Å². The number of likely N-dealkylation sites (tertiary alicyclic amines) is 1. The fourth-order valence-corrected chi connectivity index (χ4v) is 4.03. The van der Waals surface area contributed by atoms with E-state index in [9.17, 15) is 9.59 Å². The van der Waals surface area contributed by atoms with Crippen molar-refractivity contribution in [2.75, 3.05) is 26.2 Å². The molecule has 1 N–H and O–H groups in total. The third-order valence-electron chi connectivity index (χ3n) is 5.46. The van der Waals surface area contributed by atoms with Crippen LogP contribution in [0.2, 0.25) is 0 Å². The Balaban J connectivity index is 0.00000225. The minimum atomic E-state index is -0.276. The molecular weight excluding hydrogens is 378 g/mol. The van der Waals surface area contributed by atoms with Gasteiger partial charge >= 0.3 is 0 Å². The van der Waals surface area contributed by atoms with Crippen LogP contribution in [-0.2, 0) is 23.2 Å². The quantitative estimate of drug-likeness (QED) is 0.836. The second-order valence-corrected chi connectivity index (χ2v) is 7.31. The van der Waals surface area contributed by atoms with E-state index in [-0.39, 0.29) is 36.2 Å². The van der Waals surface area contributed by atoms with Gasteiger partial charge in [-0.25, -0.2) is 4.98 Å². The Bertz CT molecular complexity index is 825. The van der Waals surface area contributed by atoms with E-state index < -0.39 is 0 Å². The molecule has 1 aromatic carbocycles. The van der Waals surface area contributed by atoms with Crippen LogP contribution < -0.4 is 5.32 Å². The number of carbonyl (C=O) groups is 2. The van der Waals surface area contributed by atoms with Crippen molar-refractivity contribution in [3.8, 4) is 0 Å². The van der Waals surface area contributed by atoms with Gasteiger partial charge in [0.1, 0.15) is 11.9 Å². The van der Waals surface area contributed by atoms with E-state index in [1.807, 2.05) is 53.0 Å². The lowest BCUT2D eigenvalue weighted by molar-refractivity contribution is -0.139. The summed E-state index contributed by atoms with van der Waals surface area (Å²) >= 11 is 0. The SMILES string of the molecule is Cl.Cn1ccnc1C1CNCCN1C(=O)C1CC(=O)N(Cc2ccccc2)C1. The van der Waals surface area contributed by atoms with Crippen LogP contribution in [0, 0.1) is 5.92 Å². The molecule has 2 amide bonds. The fraction of sp³-hybridized carbons (Fsp3) is 0.450. The number of piperazine rings is 1. The van der Waals surface area contributed by atoms with Crippen molar-refractivity contribution in [1.29, 1.82) is 0 Å². The molecule has 28 heavy (non-hydrogen) atoms. The predicted molar refractivity (Wildman–Crippen MR) is 108 cm³/mol. The summed E-state index contributed by atoms with van der Waals surface area (Å²) in [5.74, 6) is 0.720. The Hall–Kier alpha value is -2.38. The van der Waals surface area contributed by atoms with Gasteiger partial charge in [0.25, 0.3) is 0 Å². The Morgan fingerprint density at radius 1 is 1.29 bits per heavy atom. The molecule has 4 rings (SSSR count). The van der Waals surface area contributed by atoms with Gasteiger partial charge in [-0.1, -0.05) is 30.3 Å². The highest BCUT2D eigenvalue weighted by molar-refractivity contribution is 5.89. The number of aromatic nitrogens is 2. The Morgan fingerprint density at radius 2 is 2.07 bits per heavy atom. The second-order valence-electron chi connectivity index (χ2n) is 7.31. The summed E-state index contributed by atoms with van der Waals surface area (Å²) in [5, 5.41) is 3.35. The Morgan fingerprint density at radius 3 is 2.79 bits per heavy atom. The topological polar surface area (TPSA) is 70.5 Å². The van der Waals surface area contributed by atoms with E-state index in [0.29, 0.717) is 32.6 Å². The van der Waals surface area contributed by atoms with Crippen molar-refractivity contribution >= 4 is 24.2 Å². The summed E-state index contributed by atoms with van der Waals surface area (Å²) in [6.45, 7) is 3.14. The fourth-order valence-electron chi connectivity index (χ4n) is 4.03. The van der Waals surface area contributed by atoms with Gasteiger partial charge in [-0.2, -0.15) is 0 Å². The van der Waals surface area contributed by atoms with Gasteiger partial charge in [-0.3, -0.25) is 9.59 Å². The number of nitrogens with one attached hydrogen (secondary N) is 1. The number of benzene rings is 1. The van der Waals surface area contributed by atoms with E-state index in [0.717, 1.165) is 17.9 Å². The molecule has 2 unspecified atom stereocenters. The highest BCUT2D eigenvalue weighted by Crippen LogP contribution is 2.27. The third kappa shape index (κ3) is 4.05. The standard InChI is InChI=1S/C20H25N5O2.ClH/c1-23-9-8-22-19(23)17-12-21-7-10-25(17)20(27)16-11-18(26)24(14-16)13-15-5-3-2-4-6-15;/h2-6,8-9,16-17,21H,7,10-14H2,1H3;1H. The van der Waals surface area contributed by atoms with Crippen LogP contribution in [0.3, 0.4) is 0 Å². The minimum absolute atomic E-state index is 0. The molecule has 3 heterocycles. The summed E-state index contributed by atoms with van der Waals surface area (Å²) in [6.07, 6.45) is 3.95. The van der Waals surface area contributed by atoms with Crippen molar-refractivity contribution in [1.82, 2.24) is 24.7 Å². The zero-order chi connectivity index (χ0) is 18.8. The molecule has 0 bridgehead atoms. The van der Waals surface area contributed by atoms with Crippen LogP contribution in [-0.4, -0.2) is 57.3 Å². The molecule has 2 aliphatic rings. The van der Waals surface area contributed by atoms with Crippen molar-refractivity contribution < 1.29 is 9.59 Å². The van der Waals surface area contributed by atoms with Crippen LogP contribution in [0.1, 0.15) is 23.9 Å². The van der Waals surface area contributed by atoms with Crippen LogP contribution in [0.15, 0.2) is 42.7 Å². The largest absolute Gasteiger partial charge is 0.338 e. The summed E-state index contributed by atoms with van der Waals surface area (Å²) in [5.41, 5.74) is 1.09. The first-order valence-corrected chi connectivity index (χ1v) is 9.43. The number of nitrogens with zero attached hydrogens (tertiary/aromatic N) is 4. The monoisotopic (exact) mass is 403 g/mol. The lowest BCUT2D eigenvalue weighted by atomic mass is 10.0. The average Bonchev–Trinajstić information content (AvgIpc) is 3.28. The van der Waals surface area contributed by atoms with Crippen LogP contribution in [0.4, 0.5) is 0 Å². The van der Waals surface area contributed by atoms with Gasteiger partial charge in [0.05, 0.1) is 5.92 Å². The molecule has 2 atom stereocenters. The molecule has 2 aromatic rings. The predicted octanol–water partition coefficient (Wildman–Crippen LogP) is 1.36. The number of rotatable bonds is 4. The minimum Gasteiger partial charge on any atom is -0.338 e. The number of halogens is 1. The lowest BCUT2D eigenvalue weighted by Crippen LogP contribution is -2.51. The Kier molecular flexibility index (Phi) is 6.36. The van der Waals surface area contributed by atoms with Crippen LogP contribution in [0.5, 0.6) is 0 Å². The molecule has 0 spiro atoms. The molecular formula is C20H26ClN5O2. The first-order chi connectivity index (χ1) is 13.1. The first kappa shape index (κ1) is 20.4. The lowest BCUT2D eigenvalue weighted by Gasteiger charge is -2.37. The van der Waals surface area contributed by atoms with Crippen molar-refractivity contribution in [2.45, 2.75) is 19.0 Å². The van der Waals surface area contributed by atoms with Crippen LogP contribution >= 0.6 is 12.4 Å². The maximum Gasteiger partial charge on any atom is 0.228 e. The maximum absolute atomic E-state index is 13.2. The van der Waals surface area contributed by atoms with Gasteiger partial charge < -0.3 is 19.7 Å². The maximum atomic E-state index is 13.2. The van der Waals surface area contributed by atoms with Gasteiger partial charge in [0.2, 0.25) is 11.8 Å². The smallest absolute Gasteiger partial charge is 0.228 e. The van der Waals surface area contributed by atoms with Crippen molar-refractivity contribution in [2.24, 2.45) is 13.0 Å². The molecule has 0 radical (unpaired) electrons. The number of imidazole rings is 1. The molecule has 2 fully saturated rings. The van der Waals surface area contributed by atoms with E-state index >= 15 is 0 Å². The zero-order valence-electron chi connectivity index (χ0n) is 16.0. The average molecular weight is 404 g/mol. The number of carbonyl (C=O) groups excluding carboxylic acids is 2. The van der Waals surface area contributed by atoms with Gasteiger partial charge in [0.15, 0.2) is 0 Å². The van der Waals surface area contributed by atoms with Crippen molar-refractivity contribution in [3.63, 3.8) is 0 Å². The van der Waals surface area contributed by atoms with Crippen molar-refractivity contribution in [3.05, 3.63) is 54.1 Å². The van der Waals surface area contributed by atoms with Gasteiger partial charge in [-0.05, 0) is 5.56 Å². The number of amides is 2. The second kappa shape index (κ2) is 8.75. The van der Waals surface area contributed by atoms with E-state index in [2.05, 4.69) is 10.3 Å². The number of hydrogen-bond donors (Lipinski definition) is 1. The van der Waals surface area contributed by atoms with E-state index in [4.69, 9.17) is 0 Å². The molecule has 2 saturated heterocycles. The number of hydrogen-bond acceptors (Lipinski definition) is 4.